The third kappa shape index (κ3) is 2.39. The molecule has 1 saturated carbocycles. The van der Waals surface area contributed by atoms with E-state index in [1.807, 2.05) is 0 Å². The van der Waals surface area contributed by atoms with E-state index in [0.717, 1.165) is 11.3 Å². The van der Waals surface area contributed by atoms with Gasteiger partial charge in [0, 0.05) is 18.4 Å². The van der Waals surface area contributed by atoms with Gasteiger partial charge in [0.15, 0.2) is 11.5 Å². The molecule has 0 aromatic carbocycles. The van der Waals surface area contributed by atoms with Crippen LogP contribution in [0.5, 0.6) is 0 Å². The van der Waals surface area contributed by atoms with Gasteiger partial charge in [-0.1, -0.05) is 25.7 Å². The van der Waals surface area contributed by atoms with Crippen molar-refractivity contribution in [1.82, 2.24) is 19.9 Å². The van der Waals surface area contributed by atoms with E-state index in [1.54, 1.807) is 18.7 Å². The number of hydrogen-bond donors (Lipinski definition) is 1. The largest absolute Gasteiger partial charge is 0.365 e. The van der Waals surface area contributed by atoms with Gasteiger partial charge in [0.25, 0.3) is 0 Å². The molecule has 1 fully saturated rings. The Bertz CT molecular complexity index is 514. The zero-order chi connectivity index (χ0) is 12.2. The van der Waals surface area contributed by atoms with Gasteiger partial charge in [0.1, 0.15) is 11.8 Å². The minimum atomic E-state index is 0.507. The highest BCUT2D eigenvalue weighted by atomic mass is 15.1. The molecule has 94 valence electrons. The lowest BCUT2D eigenvalue weighted by molar-refractivity contribution is 0.618. The molecule has 1 N–H and O–H groups in total. The third-order valence-corrected chi connectivity index (χ3v) is 3.47. The fourth-order valence-electron chi connectivity index (χ4n) is 2.52. The summed E-state index contributed by atoms with van der Waals surface area (Å²) in [5, 5.41) is 3.51. The predicted molar refractivity (Wildman–Crippen MR) is 70.2 cm³/mol. The highest BCUT2D eigenvalue weighted by molar-refractivity contribution is 5.81. The van der Waals surface area contributed by atoms with Crippen molar-refractivity contribution in [1.29, 1.82) is 0 Å². The van der Waals surface area contributed by atoms with Crippen LogP contribution in [0.1, 0.15) is 38.5 Å². The summed E-state index contributed by atoms with van der Waals surface area (Å²) < 4.78 is 0. The Morgan fingerprint density at radius 3 is 2.50 bits per heavy atom. The lowest BCUT2D eigenvalue weighted by atomic mass is 10.1. The second kappa shape index (κ2) is 5.25. The van der Waals surface area contributed by atoms with Crippen molar-refractivity contribution in [2.75, 3.05) is 5.32 Å². The maximum Gasteiger partial charge on any atom is 0.183 e. The molecule has 2 aromatic rings. The van der Waals surface area contributed by atoms with E-state index < -0.39 is 0 Å². The van der Waals surface area contributed by atoms with Crippen LogP contribution in [0, 0.1) is 0 Å². The van der Waals surface area contributed by atoms with Crippen LogP contribution in [0.4, 0.5) is 5.82 Å². The van der Waals surface area contributed by atoms with Crippen molar-refractivity contribution < 1.29 is 0 Å². The molecule has 0 radical (unpaired) electrons. The first-order valence-electron chi connectivity index (χ1n) is 6.62. The fourth-order valence-corrected chi connectivity index (χ4v) is 2.52. The second-order valence-electron chi connectivity index (χ2n) is 4.78. The number of anilines is 1. The molecule has 5 nitrogen and oxygen atoms in total. The molecule has 5 heteroatoms. The molecule has 3 rings (SSSR count). The van der Waals surface area contributed by atoms with Crippen LogP contribution in [0.3, 0.4) is 0 Å². The quantitative estimate of drug-likeness (QED) is 0.821. The second-order valence-corrected chi connectivity index (χ2v) is 4.78. The maximum absolute atomic E-state index is 4.32. The normalized spacial score (nSPS) is 17.6. The Morgan fingerprint density at radius 1 is 0.889 bits per heavy atom. The average Bonchev–Trinajstić information content (AvgIpc) is 2.68. The van der Waals surface area contributed by atoms with E-state index in [1.165, 1.54) is 38.5 Å². The molecule has 0 atom stereocenters. The number of fused-ring (bicyclic) bond motifs is 1. The van der Waals surface area contributed by atoms with Crippen LogP contribution in [-0.4, -0.2) is 26.0 Å². The van der Waals surface area contributed by atoms with E-state index in [4.69, 9.17) is 0 Å². The molecule has 1 aliphatic carbocycles. The summed E-state index contributed by atoms with van der Waals surface area (Å²) >= 11 is 0. The van der Waals surface area contributed by atoms with Crippen LogP contribution >= 0.6 is 0 Å². The highest BCUT2D eigenvalue weighted by Crippen LogP contribution is 2.22. The zero-order valence-corrected chi connectivity index (χ0v) is 10.3. The number of aromatic nitrogens is 4. The number of nitrogens with zero attached hydrogens (tertiary/aromatic N) is 4. The summed E-state index contributed by atoms with van der Waals surface area (Å²) in [7, 11) is 0. The Labute approximate surface area is 106 Å². The van der Waals surface area contributed by atoms with Crippen LogP contribution in [0.15, 0.2) is 18.7 Å². The van der Waals surface area contributed by atoms with Gasteiger partial charge in [-0.25, -0.2) is 19.9 Å². The first-order valence-corrected chi connectivity index (χ1v) is 6.62. The molecule has 0 unspecified atom stereocenters. The standard InChI is InChI=1S/C13H17N5/c1-2-4-6-10(5-3-1)18-13-11-12(16-9-17-13)15-8-7-14-11/h7-10H,1-6H2,(H,15,16,17,18). The molecule has 2 aromatic heterocycles. The van der Waals surface area contributed by atoms with E-state index in [2.05, 4.69) is 25.3 Å². The van der Waals surface area contributed by atoms with E-state index in [0.29, 0.717) is 11.7 Å². The monoisotopic (exact) mass is 243 g/mol. The molecule has 0 spiro atoms. The Hall–Kier alpha value is -1.78. The SMILES string of the molecule is c1cnc2c(NC3CCCCCC3)ncnc2n1. The first kappa shape index (κ1) is 11.3. The van der Waals surface area contributed by atoms with E-state index in [9.17, 15) is 0 Å². The Kier molecular flexibility index (Phi) is 3.30. The summed E-state index contributed by atoms with van der Waals surface area (Å²) in [6, 6.07) is 0.507. The summed E-state index contributed by atoms with van der Waals surface area (Å²) in [5.74, 6) is 0.819. The summed E-state index contributed by atoms with van der Waals surface area (Å²) in [5.41, 5.74) is 1.42. The molecular weight excluding hydrogens is 226 g/mol. The van der Waals surface area contributed by atoms with Crippen molar-refractivity contribution in [2.24, 2.45) is 0 Å². The zero-order valence-electron chi connectivity index (χ0n) is 10.3. The summed E-state index contributed by atoms with van der Waals surface area (Å²) in [4.78, 5) is 17.0. The maximum atomic E-state index is 4.32. The predicted octanol–water partition coefficient (Wildman–Crippen LogP) is 2.55. The minimum Gasteiger partial charge on any atom is -0.365 e. The van der Waals surface area contributed by atoms with Gasteiger partial charge in [-0.15, -0.1) is 0 Å². The molecule has 0 amide bonds. The van der Waals surface area contributed by atoms with Crippen molar-refractivity contribution in [3.05, 3.63) is 18.7 Å². The van der Waals surface area contributed by atoms with Crippen molar-refractivity contribution in [3.63, 3.8) is 0 Å². The van der Waals surface area contributed by atoms with Crippen LogP contribution in [-0.2, 0) is 0 Å². The van der Waals surface area contributed by atoms with Crippen molar-refractivity contribution >= 4 is 17.0 Å². The van der Waals surface area contributed by atoms with Crippen LogP contribution in [0.25, 0.3) is 11.2 Å². The third-order valence-electron chi connectivity index (χ3n) is 3.47. The minimum absolute atomic E-state index is 0.507. The van der Waals surface area contributed by atoms with E-state index >= 15 is 0 Å². The average molecular weight is 243 g/mol. The Balaban J connectivity index is 1.85. The Morgan fingerprint density at radius 2 is 1.67 bits per heavy atom. The molecule has 1 aliphatic rings. The molecule has 0 saturated heterocycles. The van der Waals surface area contributed by atoms with Gasteiger partial charge in [-0.3, -0.25) is 0 Å². The smallest absolute Gasteiger partial charge is 0.183 e. The highest BCUT2D eigenvalue weighted by Gasteiger charge is 2.14. The number of rotatable bonds is 2. The first-order chi connectivity index (χ1) is 8.93. The molecule has 2 heterocycles. The van der Waals surface area contributed by atoms with Crippen molar-refractivity contribution in [3.8, 4) is 0 Å². The van der Waals surface area contributed by atoms with Crippen molar-refractivity contribution in [2.45, 2.75) is 44.6 Å². The molecular formula is C13H17N5. The van der Waals surface area contributed by atoms with Gasteiger partial charge in [0.2, 0.25) is 0 Å². The lowest BCUT2D eigenvalue weighted by Crippen LogP contribution is -2.19. The summed E-state index contributed by atoms with van der Waals surface area (Å²) in [6.07, 6.45) is 12.6. The lowest BCUT2D eigenvalue weighted by Gasteiger charge is -2.17. The molecule has 0 bridgehead atoms. The number of nitrogens with one attached hydrogen (secondary N) is 1. The van der Waals surface area contributed by atoms with Gasteiger partial charge >= 0.3 is 0 Å². The topological polar surface area (TPSA) is 63.6 Å². The van der Waals surface area contributed by atoms with E-state index in [-0.39, 0.29) is 0 Å². The van der Waals surface area contributed by atoms with Gasteiger partial charge in [-0.05, 0) is 12.8 Å². The molecule has 18 heavy (non-hydrogen) atoms. The van der Waals surface area contributed by atoms with Crippen LogP contribution < -0.4 is 5.32 Å². The molecule has 0 aliphatic heterocycles. The summed E-state index contributed by atoms with van der Waals surface area (Å²) in [6.45, 7) is 0. The van der Waals surface area contributed by atoms with Gasteiger partial charge in [-0.2, -0.15) is 0 Å². The van der Waals surface area contributed by atoms with Gasteiger partial charge in [0.05, 0.1) is 0 Å². The van der Waals surface area contributed by atoms with Crippen LogP contribution in [0.2, 0.25) is 0 Å². The van der Waals surface area contributed by atoms with Gasteiger partial charge < -0.3 is 5.32 Å². The fraction of sp³-hybridized carbons (Fsp3) is 0.538. The number of hydrogen-bond acceptors (Lipinski definition) is 5.